The molecule has 0 radical (unpaired) electrons. The second-order valence-electron chi connectivity index (χ2n) is 5.77. The molecule has 0 spiro atoms. The summed E-state index contributed by atoms with van der Waals surface area (Å²) < 4.78 is 1.95. The van der Waals surface area contributed by atoms with E-state index in [0.29, 0.717) is 13.0 Å². The van der Waals surface area contributed by atoms with Gasteiger partial charge in [-0.25, -0.2) is 0 Å². The van der Waals surface area contributed by atoms with E-state index in [-0.39, 0.29) is 5.91 Å². The molecule has 1 amide bonds. The van der Waals surface area contributed by atoms with Crippen LogP contribution in [0.2, 0.25) is 0 Å². The van der Waals surface area contributed by atoms with Gasteiger partial charge in [0, 0.05) is 19.2 Å². The van der Waals surface area contributed by atoms with Crippen molar-refractivity contribution in [3.8, 4) is 0 Å². The fourth-order valence-corrected chi connectivity index (χ4v) is 2.79. The smallest absolute Gasteiger partial charge is 0.240 e. The molecule has 1 aliphatic heterocycles. The monoisotopic (exact) mass is 287 g/mol. The zero-order valence-electron chi connectivity index (χ0n) is 12.3. The summed E-state index contributed by atoms with van der Waals surface area (Å²) in [4.78, 5) is 12.3. The van der Waals surface area contributed by atoms with Crippen LogP contribution in [0, 0.1) is 0 Å². The second-order valence-corrected chi connectivity index (χ2v) is 5.77. The molecular weight excluding hydrogens is 266 g/mol. The van der Waals surface area contributed by atoms with Gasteiger partial charge in [-0.05, 0) is 44.9 Å². The van der Waals surface area contributed by atoms with Crippen molar-refractivity contribution in [1.29, 1.82) is 0 Å². The first-order chi connectivity index (χ1) is 10.2. The van der Waals surface area contributed by atoms with E-state index in [0.717, 1.165) is 37.3 Å². The molecule has 6 nitrogen and oxygen atoms in total. The third kappa shape index (κ3) is 2.90. The van der Waals surface area contributed by atoms with Crippen LogP contribution in [0.4, 0.5) is 0 Å². The number of fused-ring (bicyclic) bond motifs is 1. The van der Waals surface area contributed by atoms with Gasteiger partial charge in [0.05, 0.1) is 5.54 Å². The van der Waals surface area contributed by atoms with Crippen LogP contribution in [-0.2, 0) is 11.2 Å². The Morgan fingerprint density at radius 2 is 2.33 bits per heavy atom. The number of rotatable bonds is 4. The van der Waals surface area contributed by atoms with Crippen LogP contribution in [0.25, 0.3) is 5.65 Å². The van der Waals surface area contributed by atoms with Crippen LogP contribution in [-0.4, -0.2) is 39.1 Å². The predicted octanol–water partition coefficient (Wildman–Crippen LogP) is 0.920. The number of pyridine rings is 1. The molecule has 1 unspecified atom stereocenters. The van der Waals surface area contributed by atoms with Gasteiger partial charge >= 0.3 is 0 Å². The second kappa shape index (κ2) is 5.81. The van der Waals surface area contributed by atoms with Crippen molar-refractivity contribution < 1.29 is 4.79 Å². The third-order valence-corrected chi connectivity index (χ3v) is 4.14. The molecule has 1 atom stereocenters. The minimum Gasteiger partial charge on any atom is -0.354 e. The summed E-state index contributed by atoms with van der Waals surface area (Å²) in [6.07, 6.45) is 5.76. The van der Waals surface area contributed by atoms with Crippen LogP contribution in [0.5, 0.6) is 0 Å². The maximum Gasteiger partial charge on any atom is 0.240 e. The Labute approximate surface area is 123 Å². The summed E-state index contributed by atoms with van der Waals surface area (Å²) >= 11 is 0. The molecule has 112 valence electrons. The first-order valence-corrected chi connectivity index (χ1v) is 7.51. The Morgan fingerprint density at radius 3 is 3.14 bits per heavy atom. The molecule has 3 rings (SSSR count). The van der Waals surface area contributed by atoms with Gasteiger partial charge in [0.15, 0.2) is 5.65 Å². The summed E-state index contributed by atoms with van der Waals surface area (Å²) in [6, 6.07) is 5.80. The van der Waals surface area contributed by atoms with Crippen LogP contribution >= 0.6 is 0 Å². The standard InChI is InChI=1S/C15H21N5O/c1-15(8-3-4-9-17-15)14(21)16-10-7-13-19-18-12-6-2-5-11-20(12)13/h2,5-6,11,17H,3-4,7-10H2,1H3,(H,16,21). The Kier molecular flexibility index (Phi) is 3.88. The number of amides is 1. The molecule has 2 N–H and O–H groups in total. The van der Waals surface area contributed by atoms with Crippen molar-refractivity contribution >= 4 is 11.6 Å². The molecule has 21 heavy (non-hydrogen) atoms. The Morgan fingerprint density at radius 1 is 1.43 bits per heavy atom. The molecule has 0 aromatic carbocycles. The number of piperidine rings is 1. The van der Waals surface area contributed by atoms with Crippen molar-refractivity contribution in [2.45, 2.75) is 38.1 Å². The highest BCUT2D eigenvalue weighted by atomic mass is 16.2. The van der Waals surface area contributed by atoms with Gasteiger partial charge in [-0.2, -0.15) is 0 Å². The van der Waals surface area contributed by atoms with E-state index in [1.807, 2.05) is 35.7 Å². The molecule has 1 aliphatic rings. The maximum atomic E-state index is 12.3. The average molecular weight is 287 g/mol. The van der Waals surface area contributed by atoms with Crippen molar-refractivity contribution in [2.75, 3.05) is 13.1 Å². The Balaban J connectivity index is 1.57. The van der Waals surface area contributed by atoms with Gasteiger partial charge in [-0.3, -0.25) is 9.20 Å². The van der Waals surface area contributed by atoms with E-state index < -0.39 is 5.54 Å². The Bertz CT molecular complexity index is 630. The quantitative estimate of drug-likeness (QED) is 0.877. The van der Waals surface area contributed by atoms with Crippen molar-refractivity contribution in [2.24, 2.45) is 0 Å². The summed E-state index contributed by atoms with van der Waals surface area (Å²) in [5.41, 5.74) is 0.408. The molecule has 1 saturated heterocycles. The first-order valence-electron chi connectivity index (χ1n) is 7.51. The van der Waals surface area contributed by atoms with Gasteiger partial charge < -0.3 is 10.6 Å². The molecule has 0 bridgehead atoms. The molecule has 3 heterocycles. The van der Waals surface area contributed by atoms with E-state index in [9.17, 15) is 4.79 Å². The number of nitrogens with one attached hydrogen (secondary N) is 2. The van der Waals surface area contributed by atoms with Crippen molar-refractivity contribution in [3.05, 3.63) is 30.2 Å². The lowest BCUT2D eigenvalue weighted by molar-refractivity contribution is -0.127. The van der Waals surface area contributed by atoms with E-state index >= 15 is 0 Å². The van der Waals surface area contributed by atoms with E-state index in [4.69, 9.17) is 0 Å². The number of aromatic nitrogens is 3. The molecule has 2 aromatic rings. The SMILES string of the molecule is CC1(C(=O)NCCc2nnc3ccccn23)CCCCN1. The van der Waals surface area contributed by atoms with Crippen LogP contribution in [0.15, 0.2) is 24.4 Å². The lowest BCUT2D eigenvalue weighted by Crippen LogP contribution is -2.57. The highest BCUT2D eigenvalue weighted by Gasteiger charge is 2.33. The summed E-state index contributed by atoms with van der Waals surface area (Å²) in [5.74, 6) is 0.948. The number of nitrogens with zero attached hydrogens (tertiary/aromatic N) is 3. The summed E-state index contributed by atoms with van der Waals surface area (Å²) in [5, 5.41) is 14.6. The molecule has 0 aliphatic carbocycles. The minimum atomic E-state index is -0.425. The topological polar surface area (TPSA) is 71.3 Å². The molecule has 0 saturated carbocycles. The lowest BCUT2D eigenvalue weighted by Gasteiger charge is -2.33. The molecule has 2 aromatic heterocycles. The number of hydrogen-bond donors (Lipinski definition) is 2. The maximum absolute atomic E-state index is 12.3. The molecule has 1 fully saturated rings. The van der Waals surface area contributed by atoms with Crippen molar-refractivity contribution in [1.82, 2.24) is 25.2 Å². The first kappa shape index (κ1) is 14.0. The lowest BCUT2D eigenvalue weighted by atomic mass is 9.90. The van der Waals surface area contributed by atoms with E-state index in [2.05, 4.69) is 20.8 Å². The Hall–Kier alpha value is -1.95. The van der Waals surface area contributed by atoms with Gasteiger partial charge in [0.1, 0.15) is 5.82 Å². The zero-order valence-corrected chi connectivity index (χ0v) is 12.3. The summed E-state index contributed by atoms with van der Waals surface area (Å²) in [7, 11) is 0. The average Bonchev–Trinajstić information content (AvgIpc) is 2.91. The highest BCUT2D eigenvalue weighted by molar-refractivity contribution is 5.85. The zero-order chi connectivity index (χ0) is 14.7. The highest BCUT2D eigenvalue weighted by Crippen LogP contribution is 2.18. The van der Waals surface area contributed by atoms with Gasteiger partial charge in [-0.15, -0.1) is 10.2 Å². The van der Waals surface area contributed by atoms with Crippen LogP contribution < -0.4 is 10.6 Å². The normalized spacial score (nSPS) is 22.3. The summed E-state index contributed by atoms with van der Waals surface area (Å²) in [6.45, 7) is 3.47. The van der Waals surface area contributed by atoms with Crippen LogP contribution in [0.3, 0.4) is 0 Å². The number of carbonyl (C=O) groups is 1. The third-order valence-electron chi connectivity index (χ3n) is 4.14. The van der Waals surface area contributed by atoms with Gasteiger partial charge in [0.2, 0.25) is 5.91 Å². The molecule has 6 heteroatoms. The minimum absolute atomic E-state index is 0.0796. The van der Waals surface area contributed by atoms with Crippen LogP contribution in [0.1, 0.15) is 32.0 Å². The fraction of sp³-hybridized carbons (Fsp3) is 0.533. The van der Waals surface area contributed by atoms with E-state index in [1.54, 1.807) is 0 Å². The van der Waals surface area contributed by atoms with Crippen molar-refractivity contribution in [3.63, 3.8) is 0 Å². The largest absolute Gasteiger partial charge is 0.354 e. The number of carbonyl (C=O) groups excluding carboxylic acids is 1. The van der Waals surface area contributed by atoms with Gasteiger partial charge in [0.25, 0.3) is 0 Å². The number of hydrogen-bond acceptors (Lipinski definition) is 4. The van der Waals surface area contributed by atoms with Gasteiger partial charge in [-0.1, -0.05) is 6.07 Å². The fourth-order valence-electron chi connectivity index (χ4n) is 2.79. The van der Waals surface area contributed by atoms with E-state index in [1.165, 1.54) is 0 Å². The predicted molar refractivity (Wildman–Crippen MR) is 80.0 cm³/mol. The molecular formula is C15H21N5O.